The van der Waals surface area contributed by atoms with Crippen LogP contribution >= 0.6 is 11.3 Å². The molecule has 0 fully saturated rings. The Morgan fingerprint density at radius 1 is 1.15 bits per heavy atom. The quantitative estimate of drug-likeness (QED) is 0.721. The number of rotatable bonds is 5. The lowest BCUT2D eigenvalue weighted by Crippen LogP contribution is -2.26. The van der Waals surface area contributed by atoms with Gasteiger partial charge in [-0.25, -0.2) is 4.98 Å². The van der Waals surface area contributed by atoms with Gasteiger partial charge in [0.15, 0.2) is 5.13 Å². The molecular weight excluding hydrogens is 379 g/mol. The van der Waals surface area contributed by atoms with Gasteiger partial charge >= 0.3 is 6.18 Å². The number of carbonyl (C=O) groups excluding carboxylic acids is 1. The molecule has 0 aliphatic carbocycles. The van der Waals surface area contributed by atoms with Gasteiger partial charge in [-0.1, -0.05) is 18.2 Å². The zero-order valence-corrected chi connectivity index (χ0v) is 14.7. The molecule has 1 amide bonds. The molecule has 0 aliphatic rings. The molecule has 9 heteroatoms. The maximum atomic E-state index is 12.6. The molecule has 1 aromatic carbocycles. The van der Waals surface area contributed by atoms with Crippen LogP contribution in [0.4, 0.5) is 18.3 Å². The topological polar surface area (TPSA) is 64.0 Å². The average Bonchev–Trinajstić information content (AvgIpc) is 3.03. The minimum atomic E-state index is -4.36. The molecule has 0 saturated heterocycles. The van der Waals surface area contributed by atoms with Crippen molar-refractivity contribution < 1.29 is 18.0 Å². The molecular formula is C18H14F3N3O2S. The average molecular weight is 393 g/mol. The zero-order chi connectivity index (χ0) is 19.4. The number of benzene rings is 1. The maximum Gasteiger partial charge on any atom is 0.416 e. The summed E-state index contributed by atoms with van der Waals surface area (Å²) in [5.74, 6) is -0.390. The van der Waals surface area contributed by atoms with Gasteiger partial charge in [0, 0.05) is 29.8 Å². The van der Waals surface area contributed by atoms with Crippen molar-refractivity contribution in [3.05, 3.63) is 81.2 Å². The minimum absolute atomic E-state index is 0.131. The molecule has 5 nitrogen and oxygen atoms in total. The van der Waals surface area contributed by atoms with Crippen molar-refractivity contribution in [3.8, 4) is 0 Å². The maximum absolute atomic E-state index is 12.6. The normalized spacial score (nSPS) is 11.4. The third-order valence-corrected chi connectivity index (χ3v) is 4.59. The number of alkyl halides is 3. The second-order valence-electron chi connectivity index (χ2n) is 5.72. The lowest BCUT2D eigenvalue weighted by atomic mass is 10.1. The molecule has 0 unspecified atom stereocenters. The lowest BCUT2D eigenvalue weighted by molar-refractivity contribution is -0.137. The van der Waals surface area contributed by atoms with E-state index in [1.54, 1.807) is 18.3 Å². The van der Waals surface area contributed by atoms with Gasteiger partial charge in [-0.05, 0) is 23.8 Å². The largest absolute Gasteiger partial charge is 0.416 e. The minimum Gasteiger partial charge on any atom is -0.306 e. The third-order valence-electron chi connectivity index (χ3n) is 3.67. The third kappa shape index (κ3) is 5.04. The van der Waals surface area contributed by atoms with Crippen LogP contribution in [0.15, 0.2) is 59.7 Å². The van der Waals surface area contributed by atoms with E-state index in [-0.39, 0.29) is 12.1 Å². The highest BCUT2D eigenvalue weighted by Gasteiger charge is 2.29. The van der Waals surface area contributed by atoms with E-state index in [1.165, 1.54) is 40.3 Å². The predicted molar refractivity (Wildman–Crippen MR) is 95.7 cm³/mol. The first kappa shape index (κ1) is 18.8. The van der Waals surface area contributed by atoms with Crippen LogP contribution in [0, 0.1) is 0 Å². The molecule has 0 aliphatic heterocycles. The number of halogens is 3. The van der Waals surface area contributed by atoms with Crippen LogP contribution in [-0.4, -0.2) is 15.5 Å². The van der Waals surface area contributed by atoms with E-state index in [4.69, 9.17) is 0 Å². The number of hydrogen-bond acceptors (Lipinski definition) is 4. The molecule has 1 N–H and O–H groups in total. The van der Waals surface area contributed by atoms with E-state index in [1.807, 2.05) is 0 Å². The van der Waals surface area contributed by atoms with Gasteiger partial charge in [0.2, 0.25) is 5.91 Å². The fourth-order valence-corrected chi connectivity index (χ4v) is 3.23. The highest BCUT2D eigenvalue weighted by molar-refractivity contribution is 7.15. The van der Waals surface area contributed by atoms with Crippen LogP contribution in [0.5, 0.6) is 0 Å². The first-order valence-corrected chi connectivity index (χ1v) is 8.69. The SMILES string of the molecule is O=C(Cn1ccccc1=O)Nc1ncc(Cc2ccc(C(F)(F)F)cc2)s1. The summed E-state index contributed by atoms with van der Waals surface area (Å²) in [7, 11) is 0. The van der Waals surface area contributed by atoms with Crippen molar-refractivity contribution in [1.82, 2.24) is 9.55 Å². The summed E-state index contributed by atoms with van der Waals surface area (Å²) in [6.07, 6.45) is -0.878. The number of anilines is 1. The van der Waals surface area contributed by atoms with Gasteiger partial charge < -0.3 is 9.88 Å². The molecule has 0 bridgehead atoms. The van der Waals surface area contributed by atoms with Crippen molar-refractivity contribution in [2.45, 2.75) is 19.1 Å². The van der Waals surface area contributed by atoms with Crippen LogP contribution in [0.25, 0.3) is 0 Å². The fraction of sp³-hybridized carbons (Fsp3) is 0.167. The van der Waals surface area contributed by atoms with E-state index < -0.39 is 17.6 Å². The number of pyridine rings is 1. The van der Waals surface area contributed by atoms with Crippen LogP contribution < -0.4 is 10.9 Å². The first-order valence-electron chi connectivity index (χ1n) is 7.87. The Bertz CT molecular complexity index is 994. The van der Waals surface area contributed by atoms with E-state index in [0.717, 1.165) is 17.0 Å². The molecule has 2 heterocycles. The molecule has 0 spiro atoms. The number of nitrogens with one attached hydrogen (secondary N) is 1. The van der Waals surface area contributed by atoms with Gasteiger partial charge in [0.25, 0.3) is 5.56 Å². The van der Waals surface area contributed by atoms with Crippen LogP contribution in [0.1, 0.15) is 16.0 Å². The van der Waals surface area contributed by atoms with Gasteiger partial charge in [-0.2, -0.15) is 13.2 Å². The van der Waals surface area contributed by atoms with Gasteiger partial charge in [-0.15, -0.1) is 11.3 Å². The van der Waals surface area contributed by atoms with Crippen molar-refractivity contribution in [1.29, 1.82) is 0 Å². The predicted octanol–water partition coefficient (Wildman–Crippen LogP) is 3.55. The molecule has 2 aromatic heterocycles. The first-order chi connectivity index (χ1) is 12.8. The monoisotopic (exact) mass is 393 g/mol. The number of nitrogens with zero attached hydrogens (tertiary/aromatic N) is 2. The van der Waals surface area contributed by atoms with Crippen molar-refractivity contribution in [2.75, 3.05) is 5.32 Å². The van der Waals surface area contributed by atoms with E-state index in [9.17, 15) is 22.8 Å². The Kier molecular flexibility index (Phi) is 5.41. The molecule has 0 radical (unpaired) electrons. The second-order valence-corrected chi connectivity index (χ2v) is 6.83. The molecule has 3 rings (SSSR count). The van der Waals surface area contributed by atoms with Crippen molar-refractivity contribution in [2.24, 2.45) is 0 Å². The summed E-state index contributed by atoms with van der Waals surface area (Å²) >= 11 is 1.23. The summed E-state index contributed by atoms with van der Waals surface area (Å²) in [5, 5.41) is 2.98. The summed E-state index contributed by atoms with van der Waals surface area (Å²) in [6.45, 7) is -0.131. The van der Waals surface area contributed by atoms with Crippen LogP contribution in [0.2, 0.25) is 0 Å². The number of carbonyl (C=O) groups is 1. The Hall–Kier alpha value is -2.94. The highest BCUT2D eigenvalue weighted by atomic mass is 32.1. The number of hydrogen-bond donors (Lipinski definition) is 1. The number of amides is 1. The molecule has 0 atom stereocenters. The summed E-state index contributed by atoms with van der Waals surface area (Å²) in [5.41, 5.74) is -0.269. The Morgan fingerprint density at radius 3 is 2.56 bits per heavy atom. The number of thiazole rings is 1. The second kappa shape index (κ2) is 7.75. The standard InChI is InChI=1S/C18H14F3N3O2S/c19-18(20,21)13-6-4-12(5-7-13)9-14-10-22-17(27-14)23-15(25)11-24-8-2-1-3-16(24)26/h1-8,10H,9,11H2,(H,22,23,25). The molecule has 140 valence electrons. The highest BCUT2D eigenvalue weighted by Crippen LogP contribution is 2.29. The van der Waals surface area contributed by atoms with Crippen LogP contribution in [0.3, 0.4) is 0 Å². The zero-order valence-electron chi connectivity index (χ0n) is 13.9. The Labute approximate surface area is 156 Å². The summed E-state index contributed by atoms with van der Waals surface area (Å²) in [6, 6.07) is 9.52. The number of aromatic nitrogens is 2. The van der Waals surface area contributed by atoms with E-state index in [2.05, 4.69) is 10.3 Å². The van der Waals surface area contributed by atoms with E-state index in [0.29, 0.717) is 17.1 Å². The van der Waals surface area contributed by atoms with E-state index >= 15 is 0 Å². The fourth-order valence-electron chi connectivity index (χ4n) is 2.36. The van der Waals surface area contributed by atoms with Crippen molar-refractivity contribution in [3.63, 3.8) is 0 Å². The Balaban J connectivity index is 1.60. The molecule has 27 heavy (non-hydrogen) atoms. The Morgan fingerprint density at radius 2 is 1.89 bits per heavy atom. The van der Waals surface area contributed by atoms with Gasteiger partial charge in [-0.3, -0.25) is 9.59 Å². The smallest absolute Gasteiger partial charge is 0.306 e. The molecule has 0 saturated carbocycles. The van der Waals surface area contributed by atoms with Crippen LogP contribution in [-0.2, 0) is 23.9 Å². The summed E-state index contributed by atoms with van der Waals surface area (Å²) in [4.78, 5) is 28.5. The van der Waals surface area contributed by atoms with Crippen molar-refractivity contribution >= 4 is 22.4 Å². The van der Waals surface area contributed by atoms with Gasteiger partial charge in [0.05, 0.1) is 5.56 Å². The summed E-state index contributed by atoms with van der Waals surface area (Å²) < 4.78 is 39.0. The van der Waals surface area contributed by atoms with Gasteiger partial charge in [0.1, 0.15) is 6.54 Å². The molecule has 3 aromatic rings. The lowest BCUT2D eigenvalue weighted by Gasteiger charge is -2.07.